The summed E-state index contributed by atoms with van der Waals surface area (Å²) < 4.78 is 11.2. The van der Waals surface area contributed by atoms with Crippen LogP contribution in [0.3, 0.4) is 0 Å². The largest absolute Gasteiger partial charge is 0.496 e. The van der Waals surface area contributed by atoms with E-state index in [1.165, 1.54) is 5.56 Å². The summed E-state index contributed by atoms with van der Waals surface area (Å²) in [4.78, 5) is 12.4. The van der Waals surface area contributed by atoms with Crippen LogP contribution < -0.4 is 14.8 Å². The first-order valence-corrected chi connectivity index (χ1v) is 9.33. The van der Waals surface area contributed by atoms with Crippen molar-refractivity contribution < 1.29 is 14.3 Å². The molecule has 0 spiro atoms. The van der Waals surface area contributed by atoms with Crippen molar-refractivity contribution in [2.24, 2.45) is 0 Å². The Labute approximate surface area is 156 Å². The molecule has 0 unspecified atom stereocenters. The quantitative estimate of drug-likeness (QED) is 0.651. The van der Waals surface area contributed by atoms with Gasteiger partial charge in [-0.3, -0.25) is 4.79 Å². The van der Waals surface area contributed by atoms with Gasteiger partial charge in [-0.25, -0.2) is 0 Å². The van der Waals surface area contributed by atoms with Crippen molar-refractivity contribution in [2.75, 3.05) is 13.7 Å². The average Bonchev–Trinajstić information content (AvgIpc) is 2.69. The van der Waals surface area contributed by atoms with Crippen molar-refractivity contribution in [3.8, 4) is 11.5 Å². The molecule has 0 saturated carbocycles. The lowest BCUT2D eigenvalue weighted by Crippen LogP contribution is -2.38. The molecule has 2 aromatic rings. The van der Waals surface area contributed by atoms with E-state index in [4.69, 9.17) is 9.47 Å². The number of ether oxygens (including phenoxy) is 2. The number of methoxy groups -OCH3 is 1. The third kappa shape index (κ3) is 5.80. The number of para-hydroxylation sites is 1. The summed E-state index contributed by atoms with van der Waals surface area (Å²) >= 11 is 0. The molecule has 0 heterocycles. The molecule has 0 fully saturated rings. The number of nitrogens with one attached hydrogen (secondary N) is 1. The Balaban J connectivity index is 1.79. The zero-order valence-electron chi connectivity index (χ0n) is 16.0. The summed E-state index contributed by atoms with van der Waals surface area (Å²) in [5.74, 6) is 1.56. The summed E-state index contributed by atoms with van der Waals surface area (Å²) in [6.07, 6.45) is 2.88. The summed E-state index contributed by atoms with van der Waals surface area (Å²) in [6.45, 7) is 4.69. The molecule has 1 amide bonds. The molecule has 2 rings (SSSR count). The molecule has 2 aromatic carbocycles. The number of carbonyl (C=O) groups is 1. The number of hydrogen-bond acceptors (Lipinski definition) is 3. The molecular weight excluding hydrogens is 326 g/mol. The Kier molecular flexibility index (Phi) is 8.00. The number of carbonyl (C=O) groups excluding carboxylic acids is 1. The van der Waals surface area contributed by atoms with Crippen LogP contribution in [0.15, 0.2) is 48.5 Å². The highest BCUT2D eigenvalue weighted by atomic mass is 16.5. The highest BCUT2D eigenvalue weighted by Crippen LogP contribution is 2.19. The van der Waals surface area contributed by atoms with Crippen LogP contribution in [0.2, 0.25) is 0 Å². The zero-order chi connectivity index (χ0) is 18.8. The van der Waals surface area contributed by atoms with Gasteiger partial charge in [-0.05, 0) is 55.0 Å². The van der Waals surface area contributed by atoms with Gasteiger partial charge in [0.2, 0.25) is 0 Å². The molecule has 26 heavy (non-hydrogen) atoms. The number of hydrogen-bond donors (Lipinski definition) is 1. The van der Waals surface area contributed by atoms with Gasteiger partial charge in [-0.15, -0.1) is 0 Å². The molecule has 1 atom stereocenters. The maximum atomic E-state index is 12.4. The Morgan fingerprint density at radius 3 is 2.46 bits per heavy atom. The highest BCUT2D eigenvalue weighted by molar-refractivity contribution is 5.81. The van der Waals surface area contributed by atoms with Gasteiger partial charge in [0.25, 0.3) is 5.91 Å². The second-order valence-electron chi connectivity index (χ2n) is 6.22. The van der Waals surface area contributed by atoms with Gasteiger partial charge >= 0.3 is 0 Å². The lowest BCUT2D eigenvalue weighted by Gasteiger charge is -2.17. The monoisotopic (exact) mass is 355 g/mol. The third-order valence-corrected chi connectivity index (χ3v) is 4.39. The molecule has 0 aromatic heterocycles. The van der Waals surface area contributed by atoms with E-state index in [0.717, 1.165) is 36.3 Å². The van der Waals surface area contributed by atoms with Gasteiger partial charge in [-0.2, -0.15) is 0 Å². The number of amides is 1. The number of rotatable bonds is 10. The van der Waals surface area contributed by atoms with Crippen LogP contribution in [0.1, 0.15) is 37.8 Å². The maximum absolute atomic E-state index is 12.4. The normalized spacial score (nSPS) is 11.7. The summed E-state index contributed by atoms with van der Waals surface area (Å²) in [6, 6.07) is 15.9. The molecular formula is C22H29NO3. The number of aryl methyl sites for hydroxylation is 2. The first-order chi connectivity index (χ1) is 12.7. The van der Waals surface area contributed by atoms with Gasteiger partial charge in [-0.1, -0.05) is 44.2 Å². The Morgan fingerprint density at radius 1 is 1.08 bits per heavy atom. The second kappa shape index (κ2) is 10.5. The van der Waals surface area contributed by atoms with Crippen molar-refractivity contribution in [3.05, 3.63) is 59.7 Å². The van der Waals surface area contributed by atoms with Gasteiger partial charge in [0.1, 0.15) is 11.5 Å². The molecule has 140 valence electrons. The van der Waals surface area contributed by atoms with Gasteiger partial charge in [0, 0.05) is 6.54 Å². The standard InChI is InChI=1S/C22H29NO3/c1-4-17-12-14-19(15-13-17)26-20(5-2)22(24)23-16-8-10-18-9-6-7-11-21(18)25-3/h6-7,9,11-15,20H,4-5,8,10,16H2,1-3H3,(H,23,24)/t20-/m0/s1. The van der Waals surface area contributed by atoms with Crippen LogP contribution >= 0.6 is 0 Å². The van der Waals surface area contributed by atoms with Crippen molar-refractivity contribution in [1.82, 2.24) is 5.32 Å². The van der Waals surface area contributed by atoms with Gasteiger partial charge < -0.3 is 14.8 Å². The Morgan fingerprint density at radius 2 is 1.81 bits per heavy atom. The van der Waals surface area contributed by atoms with Gasteiger partial charge in [0.05, 0.1) is 7.11 Å². The minimum atomic E-state index is -0.464. The molecule has 4 nitrogen and oxygen atoms in total. The first kappa shape index (κ1) is 19.8. The fourth-order valence-corrected chi connectivity index (χ4v) is 2.80. The lowest BCUT2D eigenvalue weighted by molar-refractivity contribution is -0.128. The fraction of sp³-hybridized carbons (Fsp3) is 0.409. The van der Waals surface area contributed by atoms with Crippen LogP contribution in [-0.2, 0) is 17.6 Å². The lowest BCUT2D eigenvalue weighted by atomic mass is 10.1. The molecule has 0 aliphatic heterocycles. The van der Waals surface area contributed by atoms with Crippen molar-refractivity contribution in [1.29, 1.82) is 0 Å². The van der Waals surface area contributed by atoms with E-state index in [2.05, 4.69) is 18.3 Å². The van der Waals surface area contributed by atoms with Gasteiger partial charge in [0.15, 0.2) is 6.10 Å². The van der Waals surface area contributed by atoms with E-state index in [-0.39, 0.29) is 5.91 Å². The van der Waals surface area contributed by atoms with Crippen LogP contribution in [0, 0.1) is 0 Å². The minimum Gasteiger partial charge on any atom is -0.496 e. The average molecular weight is 355 g/mol. The Bertz CT molecular complexity index is 682. The molecule has 4 heteroatoms. The van der Waals surface area contributed by atoms with E-state index in [0.29, 0.717) is 13.0 Å². The first-order valence-electron chi connectivity index (χ1n) is 9.33. The van der Waals surface area contributed by atoms with Crippen LogP contribution in [0.5, 0.6) is 11.5 Å². The molecule has 0 bridgehead atoms. The minimum absolute atomic E-state index is 0.0629. The van der Waals surface area contributed by atoms with Crippen LogP contribution in [0.4, 0.5) is 0 Å². The summed E-state index contributed by atoms with van der Waals surface area (Å²) in [5.41, 5.74) is 2.41. The maximum Gasteiger partial charge on any atom is 0.261 e. The SMILES string of the molecule is CCc1ccc(O[C@@H](CC)C(=O)NCCCc2ccccc2OC)cc1. The van der Waals surface area contributed by atoms with E-state index in [9.17, 15) is 4.79 Å². The van der Waals surface area contributed by atoms with E-state index < -0.39 is 6.10 Å². The Hall–Kier alpha value is -2.49. The molecule has 0 saturated heterocycles. The van der Waals surface area contributed by atoms with E-state index in [1.807, 2.05) is 49.4 Å². The van der Waals surface area contributed by atoms with Crippen molar-refractivity contribution in [2.45, 2.75) is 45.6 Å². The molecule has 0 radical (unpaired) electrons. The second-order valence-corrected chi connectivity index (χ2v) is 6.22. The van der Waals surface area contributed by atoms with Crippen LogP contribution in [0.25, 0.3) is 0 Å². The topological polar surface area (TPSA) is 47.6 Å². The summed E-state index contributed by atoms with van der Waals surface area (Å²) in [5, 5.41) is 2.98. The molecule has 1 N–H and O–H groups in total. The van der Waals surface area contributed by atoms with E-state index >= 15 is 0 Å². The third-order valence-electron chi connectivity index (χ3n) is 4.39. The fourth-order valence-electron chi connectivity index (χ4n) is 2.80. The molecule has 0 aliphatic rings. The zero-order valence-corrected chi connectivity index (χ0v) is 16.0. The highest BCUT2D eigenvalue weighted by Gasteiger charge is 2.17. The summed E-state index contributed by atoms with van der Waals surface area (Å²) in [7, 11) is 1.68. The van der Waals surface area contributed by atoms with E-state index in [1.54, 1.807) is 7.11 Å². The predicted molar refractivity (Wildman–Crippen MR) is 105 cm³/mol. The predicted octanol–water partition coefficient (Wildman–Crippen LogP) is 4.16. The van der Waals surface area contributed by atoms with Crippen molar-refractivity contribution in [3.63, 3.8) is 0 Å². The molecule has 0 aliphatic carbocycles. The smallest absolute Gasteiger partial charge is 0.261 e. The number of benzene rings is 2. The van der Waals surface area contributed by atoms with Crippen LogP contribution in [-0.4, -0.2) is 25.7 Å². The van der Waals surface area contributed by atoms with Crippen molar-refractivity contribution >= 4 is 5.91 Å².